The van der Waals surface area contributed by atoms with Gasteiger partial charge in [-0.15, -0.1) is 0 Å². The average Bonchev–Trinajstić information content (AvgIpc) is 3.62. The molecule has 0 spiro atoms. The van der Waals surface area contributed by atoms with E-state index in [0.29, 0.717) is 17.4 Å². The van der Waals surface area contributed by atoms with Gasteiger partial charge in [0.05, 0.1) is 16.7 Å². The van der Waals surface area contributed by atoms with E-state index in [1.807, 2.05) is 30.3 Å². The molecule has 4 nitrogen and oxygen atoms in total. The summed E-state index contributed by atoms with van der Waals surface area (Å²) < 4.78 is 2.34. The molecule has 0 bridgehead atoms. The SMILES string of the molecule is C=C(N=C(N=C(N)c1ccc(B(c2c(C)cc(C)cc2C)c2c(C)cc(C)cc2C)cc1)c1ccc(-c2ccc3c(c2)c2ccccc2n3-c2ccccc2)cc1)c1ccccc1. The van der Waals surface area contributed by atoms with Crippen LogP contribution in [0.5, 0.6) is 0 Å². The summed E-state index contributed by atoms with van der Waals surface area (Å²) in [4.78, 5) is 10.1. The van der Waals surface area contributed by atoms with Crippen molar-refractivity contribution >= 4 is 62.3 Å². The minimum atomic E-state index is 0.0615. The van der Waals surface area contributed by atoms with Crippen LogP contribution in [0.1, 0.15) is 50.1 Å². The normalized spacial score (nSPS) is 12.0. The van der Waals surface area contributed by atoms with Crippen molar-refractivity contribution < 1.29 is 0 Å². The molecule has 0 saturated heterocycles. The molecule has 0 fully saturated rings. The van der Waals surface area contributed by atoms with Crippen LogP contribution in [0.25, 0.3) is 44.3 Å². The van der Waals surface area contributed by atoms with Crippen molar-refractivity contribution in [2.24, 2.45) is 15.7 Å². The largest absolute Gasteiger partial charge is 0.383 e. The van der Waals surface area contributed by atoms with E-state index in [9.17, 15) is 0 Å². The molecule has 0 amide bonds. The van der Waals surface area contributed by atoms with Crippen LogP contribution in [0.15, 0.2) is 192 Å². The van der Waals surface area contributed by atoms with Gasteiger partial charge in [0, 0.05) is 27.6 Å². The Morgan fingerprint density at radius 3 is 1.59 bits per heavy atom. The Morgan fingerprint density at radius 2 is 0.984 bits per heavy atom. The van der Waals surface area contributed by atoms with Crippen LogP contribution in [0, 0.1) is 41.5 Å². The number of hydrogen-bond donors (Lipinski definition) is 1. The van der Waals surface area contributed by atoms with Crippen LogP contribution in [-0.2, 0) is 0 Å². The Hall–Kier alpha value is -7.50. The van der Waals surface area contributed by atoms with Gasteiger partial charge in [0.1, 0.15) is 5.84 Å². The minimum absolute atomic E-state index is 0.0615. The first kappa shape index (κ1) is 40.9. The van der Waals surface area contributed by atoms with E-state index < -0.39 is 0 Å². The molecule has 9 aromatic rings. The number of aromatic nitrogens is 1. The number of amidine groups is 2. The molecular weight excluding hydrogens is 763 g/mol. The number of aliphatic imine (C=N–C) groups is 2. The Labute approximate surface area is 371 Å². The second kappa shape index (κ2) is 17.1. The lowest BCUT2D eigenvalue weighted by atomic mass is 9.34. The molecular formula is C58H51BN4. The van der Waals surface area contributed by atoms with Gasteiger partial charge in [-0.3, -0.25) is 0 Å². The fraction of sp³-hybridized carbons (Fsp3) is 0.103. The predicted molar refractivity (Wildman–Crippen MR) is 271 cm³/mol. The zero-order chi connectivity index (χ0) is 43.8. The number of rotatable bonds is 9. The maximum Gasteiger partial charge on any atom is 0.242 e. The Kier molecular flexibility index (Phi) is 11.1. The molecule has 0 saturated carbocycles. The number of hydrogen-bond acceptors (Lipinski definition) is 1. The van der Waals surface area contributed by atoms with Gasteiger partial charge in [-0.05, 0) is 88.6 Å². The lowest BCUT2D eigenvalue weighted by molar-refractivity contribution is 1.18. The molecule has 0 atom stereocenters. The molecule has 63 heavy (non-hydrogen) atoms. The second-order valence-electron chi connectivity index (χ2n) is 16.9. The summed E-state index contributed by atoms with van der Waals surface area (Å²) in [5.41, 5.74) is 27.5. The Bertz CT molecular complexity index is 3130. The van der Waals surface area contributed by atoms with Crippen molar-refractivity contribution in [2.75, 3.05) is 0 Å². The van der Waals surface area contributed by atoms with Crippen molar-refractivity contribution in [3.8, 4) is 16.8 Å². The second-order valence-corrected chi connectivity index (χ2v) is 16.9. The monoisotopic (exact) mass is 814 g/mol. The van der Waals surface area contributed by atoms with Gasteiger partial charge < -0.3 is 10.3 Å². The molecule has 0 aliphatic rings. The quantitative estimate of drug-likeness (QED) is 0.0881. The third-order valence-corrected chi connectivity index (χ3v) is 12.3. The number of nitrogens with two attached hydrogens (primary N) is 1. The van der Waals surface area contributed by atoms with Crippen molar-refractivity contribution in [3.05, 3.63) is 233 Å². The van der Waals surface area contributed by atoms with E-state index in [-0.39, 0.29) is 6.71 Å². The molecule has 1 aromatic heterocycles. The maximum absolute atomic E-state index is 6.93. The van der Waals surface area contributed by atoms with E-state index in [4.69, 9.17) is 15.7 Å². The van der Waals surface area contributed by atoms with Crippen LogP contribution >= 0.6 is 0 Å². The Morgan fingerprint density at radius 1 is 0.476 bits per heavy atom. The van der Waals surface area contributed by atoms with Crippen LogP contribution in [0.4, 0.5) is 0 Å². The van der Waals surface area contributed by atoms with Crippen molar-refractivity contribution in [1.82, 2.24) is 4.57 Å². The van der Waals surface area contributed by atoms with Crippen molar-refractivity contribution in [1.29, 1.82) is 0 Å². The number of nitrogens with zero attached hydrogens (tertiary/aromatic N) is 3. The van der Waals surface area contributed by atoms with E-state index in [2.05, 4.69) is 198 Å². The van der Waals surface area contributed by atoms with Gasteiger partial charge in [0.15, 0.2) is 5.84 Å². The standard InChI is InChI=1S/C58H51BN4/c1-37-32-39(3)55(40(4)33-37)59(56-41(5)34-38(2)35-42(56)6)49-29-26-46(27-30-49)57(60)62-58(61-43(7)44-16-10-8-11-17-44)47-24-22-45(23-25-47)48-28-31-54-52(36-48)51-20-14-15-21-53(51)63(54)50-18-12-9-13-19-50/h8-36H,7H2,1-6H3,(H2,60,61,62). The first-order valence-electron chi connectivity index (χ1n) is 21.7. The summed E-state index contributed by atoms with van der Waals surface area (Å²) in [6, 6.07) is 62.1. The summed E-state index contributed by atoms with van der Waals surface area (Å²) in [5.74, 6) is 0.875. The van der Waals surface area contributed by atoms with Gasteiger partial charge in [0.25, 0.3) is 0 Å². The fourth-order valence-electron chi connectivity index (χ4n) is 9.59. The van der Waals surface area contributed by atoms with Gasteiger partial charge >= 0.3 is 0 Å². The van der Waals surface area contributed by atoms with Gasteiger partial charge in [-0.1, -0.05) is 202 Å². The summed E-state index contributed by atoms with van der Waals surface area (Å²) in [7, 11) is 0. The maximum atomic E-state index is 6.93. The third-order valence-electron chi connectivity index (χ3n) is 12.3. The number of para-hydroxylation sites is 2. The smallest absolute Gasteiger partial charge is 0.242 e. The highest BCUT2D eigenvalue weighted by Gasteiger charge is 2.28. The summed E-state index contributed by atoms with van der Waals surface area (Å²) in [5, 5.41) is 2.43. The number of benzene rings is 8. The summed E-state index contributed by atoms with van der Waals surface area (Å²) >= 11 is 0. The van der Waals surface area contributed by atoms with E-state index in [0.717, 1.165) is 33.5 Å². The molecule has 5 heteroatoms. The molecule has 0 radical (unpaired) electrons. The van der Waals surface area contributed by atoms with Gasteiger partial charge in [-0.2, -0.15) is 0 Å². The average molecular weight is 815 g/mol. The summed E-state index contributed by atoms with van der Waals surface area (Å²) in [6.45, 7) is 17.7. The third kappa shape index (κ3) is 8.06. The topological polar surface area (TPSA) is 55.7 Å². The van der Waals surface area contributed by atoms with Crippen molar-refractivity contribution in [2.45, 2.75) is 41.5 Å². The molecule has 306 valence electrons. The molecule has 9 rings (SSSR count). The minimum Gasteiger partial charge on any atom is -0.383 e. The van der Waals surface area contributed by atoms with E-state index in [1.54, 1.807) is 0 Å². The molecule has 1 heterocycles. The first-order valence-corrected chi connectivity index (χ1v) is 21.7. The van der Waals surface area contributed by atoms with Gasteiger partial charge in [-0.25, -0.2) is 9.98 Å². The highest BCUT2D eigenvalue weighted by molar-refractivity contribution is 6.96. The summed E-state index contributed by atoms with van der Waals surface area (Å²) in [6.07, 6.45) is 0. The van der Waals surface area contributed by atoms with Crippen molar-refractivity contribution in [3.63, 3.8) is 0 Å². The molecule has 8 aromatic carbocycles. The highest BCUT2D eigenvalue weighted by atomic mass is 15.0. The zero-order valence-electron chi connectivity index (χ0n) is 36.9. The number of aryl methyl sites for hydroxylation is 6. The molecule has 0 unspecified atom stereocenters. The molecule has 2 N–H and O–H groups in total. The first-order chi connectivity index (χ1) is 30.5. The van der Waals surface area contributed by atoms with Crippen LogP contribution < -0.4 is 22.1 Å². The highest BCUT2D eigenvalue weighted by Crippen LogP contribution is 2.35. The van der Waals surface area contributed by atoms with Crippen LogP contribution in [0.3, 0.4) is 0 Å². The predicted octanol–water partition coefficient (Wildman–Crippen LogP) is 11.6. The number of fused-ring (bicyclic) bond motifs is 3. The zero-order valence-corrected chi connectivity index (χ0v) is 36.9. The molecule has 0 aliphatic heterocycles. The Balaban J connectivity index is 1.08. The van der Waals surface area contributed by atoms with Crippen LogP contribution in [0.2, 0.25) is 0 Å². The van der Waals surface area contributed by atoms with Crippen LogP contribution in [-0.4, -0.2) is 23.0 Å². The van der Waals surface area contributed by atoms with E-state index >= 15 is 0 Å². The van der Waals surface area contributed by atoms with Gasteiger partial charge in [0.2, 0.25) is 6.71 Å². The van der Waals surface area contributed by atoms with E-state index in [1.165, 1.54) is 71.6 Å². The lowest BCUT2D eigenvalue weighted by Crippen LogP contribution is -2.55. The lowest BCUT2D eigenvalue weighted by Gasteiger charge is -2.24. The fourth-order valence-corrected chi connectivity index (χ4v) is 9.59. The molecule has 0 aliphatic carbocycles.